The number of carboxylic acids is 1. The predicted octanol–water partition coefficient (Wildman–Crippen LogP) is 5.78. The Hall–Kier alpha value is -5.71. The van der Waals surface area contributed by atoms with Crippen molar-refractivity contribution in [1.82, 2.24) is 40.1 Å². The Bertz CT molecular complexity index is 3010. The molecule has 0 spiro atoms. The van der Waals surface area contributed by atoms with E-state index in [0.29, 0.717) is 54.6 Å². The number of carbonyl (C=O) groups is 2. The van der Waals surface area contributed by atoms with E-state index in [-0.39, 0.29) is 40.0 Å². The summed E-state index contributed by atoms with van der Waals surface area (Å²) in [7, 11) is 1.37. The fraction of sp³-hybridized carbons (Fsp3) is 0.537. The summed E-state index contributed by atoms with van der Waals surface area (Å²) in [5, 5.41) is 61.9. The van der Waals surface area contributed by atoms with Gasteiger partial charge in [-0.05, 0) is 129 Å². The third-order valence-corrected chi connectivity index (χ3v) is 17.2. The highest BCUT2D eigenvalue weighted by Gasteiger charge is 2.66. The van der Waals surface area contributed by atoms with E-state index in [9.17, 15) is 30.0 Å². The highest BCUT2D eigenvalue weighted by molar-refractivity contribution is 7.22. The number of anilines is 2. The number of benzene rings is 2. The van der Waals surface area contributed by atoms with Gasteiger partial charge in [-0.15, -0.1) is 5.10 Å². The van der Waals surface area contributed by atoms with Gasteiger partial charge in [0.1, 0.15) is 30.2 Å². The zero-order valence-electron chi connectivity index (χ0n) is 42.4. The van der Waals surface area contributed by atoms with Gasteiger partial charge in [0.2, 0.25) is 0 Å². The highest BCUT2D eigenvalue weighted by atomic mass is 32.1. The first-order valence-corrected chi connectivity index (χ1v) is 26.6. The van der Waals surface area contributed by atoms with Gasteiger partial charge < -0.3 is 44.9 Å². The Morgan fingerprint density at radius 2 is 1.73 bits per heavy atom. The summed E-state index contributed by atoms with van der Waals surface area (Å²) >= 11 is 1.43. The molecular weight excluding hydrogens is 965 g/mol. The van der Waals surface area contributed by atoms with Crippen molar-refractivity contribution in [2.75, 3.05) is 43.6 Å². The Labute approximate surface area is 433 Å². The second kappa shape index (κ2) is 19.8. The largest absolute Gasteiger partial charge is 0.476 e. The first-order valence-electron chi connectivity index (χ1n) is 25.8. The number of aromatic nitrogens is 7. The number of aliphatic hydroxyl groups excluding tert-OH is 3. The monoisotopic (exact) mass is 1030 g/mol. The normalized spacial score (nSPS) is 29.2. The SMILES string of the molecule is CO[C@H]1O[C@@H](Cn2cc(CCCNCCOC34CC5(C)CC(C)(CC(Cn6ncc(-c7ccc(N8CCc9cccc(C(=O)Nc%10nc%11ccccc%11s%10)c9C8)nc7C(=O)O)c6C)(C5)C3)C4)nn2)[C@H](O)[C@@H](O)[C@@H]1O. The van der Waals surface area contributed by atoms with E-state index in [1.807, 2.05) is 66.4 Å². The molecule has 19 nitrogen and oxygen atoms in total. The molecule has 2 aliphatic heterocycles. The number of ether oxygens (including phenoxy) is 3. The molecule has 74 heavy (non-hydrogen) atoms. The molecule has 2 aromatic carbocycles. The average molecular weight is 1030 g/mol. The van der Waals surface area contributed by atoms with Gasteiger partial charge >= 0.3 is 5.97 Å². The number of nitrogens with zero attached hydrogens (tertiary/aromatic N) is 8. The van der Waals surface area contributed by atoms with Gasteiger partial charge in [0.25, 0.3) is 5.91 Å². The maximum absolute atomic E-state index is 13.7. The number of aliphatic hydroxyl groups is 3. The molecule has 0 radical (unpaired) electrons. The van der Waals surface area contributed by atoms with E-state index in [1.165, 1.54) is 24.9 Å². The summed E-state index contributed by atoms with van der Waals surface area (Å²) in [6.07, 6.45) is 6.26. The Morgan fingerprint density at radius 1 is 0.919 bits per heavy atom. The molecule has 6 aliphatic rings. The summed E-state index contributed by atoms with van der Waals surface area (Å²) in [4.78, 5) is 38.2. The van der Waals surface area contributed by atoms with Gasteiger partial charge in [-0.1, -0.05) is 54.7 Å². The van der Waals surface area contributed by atoms with Crippen molar-refractivity contribution in [3.63, 3.8) is 0 Å². The number of hydrogen-bond acceptors (Lipinski definition) is 16. The summed E-state index contributed by atoms with van der Waals surface area (Å²) in [6.45, 7) is 10.9. The number of carboxylic acid groups (broad SMARTS) is 1. The van der Waals surface area contributed by atoms with E-state index in [4.69, 9.17) is 24.3 Å². The molecule has 2 unspecified atom stereocenters. The molecule has 6 N–H and O–H groups in total. The minimum absolute atomic E-state index is 0.0304. The number of fused-ring (bicyclic) bond motifs is 2. The summed E-state index contributed by atoms with van der Waals surface area (Å²) < 4.78 is 22.4. The third kappa shape index (κ3) is 9.86. The molecule has 1 amide bonds. The van der Waals surface area contributed by atoms with Crippen LogP contribution in [0.25, 0.3) is 21.3 Å². The van der Waals surface area contributed by atoms with E-state index in [0.717, 1.165) is 96.5 Å². The molecule has 7 atom stereocenters. The number of amides is 1. The standard InChI is InChI=1S/C54H66N10O9S/c1-32-37(35-14-15-42(58-43(35)48(69)70)62-19-16-33-9-7-11-36(38(33)23-62)47(68)59-50-57-39-12-5-6-13-41(39)74-50)21-56-64(32)31-53-26-51(2)25-52(3,27-53)29-54(28-51,30-53)72-20-18-55-17-8-10-34-22-63(61-60-34)24-40-44(65)45(66)46(67)49(71-4)73-40/h5-7,9,11-15,21-22,40,44-46,49,55,65-67H,8,10,16-20,23-31H2,1-4H3,(H,69,70)(H,57,59,68)/t40-,44-,45+,46-,49-,51?,52?,53?,54?/m0/s1. The zero-order chi connectivity index (χ0) is 51.6. The van der Waals surface area contributed by atoms with Gasteiger partial charge in [-0.2, -0.15) is 5.10 Å². The van der Waals surface area contributed by atoms with Crippen molar-refractivity contribution in [3.05, 3.63) is 101 Å². The lowest BCUT2D eigenvalue weighted by Crippen LogP contribution is -2.64. The van der Waals surface area contributed by atoms with Crippen LogP contribution < -0.4 is 15.5 Å². The van der Waals surface area contributed by atoms with Crippen LogP contribution in [0.15, 0.2) is 67.0 Å². The fourth-order valence-corrected chi connectivity index (χ4v) is 15.1. The lowest BCUT2D eigenvalue weighted by atomic mass is 9.39. The summed E-state index contributed by atoms with van der Waals surface area (Å²) in [6, 6.07) is 17.3. The molecule has 5 fully saturated rings. The first-order chi connectivity index (χ1) is 35.5. The summed E-state index contributed by atoms with van der Waals surface area (Å²) in [5.74, 6) is -0.808. The van der Waals surface area contributed by atoms with Crippen LogP contribution in [0.1, 0.15) is 102 Å². The number of aromatic carboxylic acids is 1. The predicted molar refractivity (Wildman–Crippen MR) is 276 cm³/mol. The van der Waals surface area contributed by atoms with Gasteiger partial charge in [0, 0.05) is 61.9 Å². The second-order valence-electron chi connectivity index (χ2n) is 22.5. The average Bonchev–Trinajstić information content (AvgIpc) is 4.12. The van der Waals surface area contributed by atoms with E-state index in [2.05, 4.69) is 44.5 Å². The number of pyridine rings is 1. The molecule has 4 saturated carbocycles. The van der Waals surface area contributed by atoms with E-state index in [1.54, 1.807) is 17.1 Å². The van der Waals surface area contributed by atoms with E-state index < -0.39 is 36.7 Å². The Balaban J connectivity index is 0.714. The maximum Gasteiger partial charge on any atom is 0.355 e. The molecule has 20 heteroatoms. The molecule has 1 saturated heterocycles. The lowest BCUT2D eigenvalue weighted by Gasteiger charge is -2.69. The molecule has 4 aliphatic carbocycles. The molecule has 4 aromatic heterocycles. The topological polar surface area (TPSA) is 244 Å². The van der Waals surface area contributed by atoms with Crippen LogP contribution in [0.5, 0.6) is 0 Å². The molecule has 6 aromatic rings. The fourth-order valence-electron chi connectivity index (χ4n) is 14.3. The van der Waals surface area contributed by atoms with Crippen LogP contribution in [0.3, 0.4) is 0 Å². The minimum atomic E-state index is -1.40. The third-order valence-electron chi connectivity index (χ3n) is 16.3. The van der Waals surface area contributed by atoms with Crippen molar-refractivity contribution < 1.29 is 44.2 Å². The molecule has 4 bridgehead atoms. The van der Waals surface area contributed by atoms with Crippen LogP contribution in [0.4, 0.5) is 10.9 Å². The lowest BCUT2D eigenvalue weighted by molar-refractivity contribution is -0.292. The molecule has 392 valence electrons. The summed E-state index contributed by atoms with van der Waals surface area (Å²) in [5.41, 5.74) is 6.32. The number of aryl methyl sites for hydroxylation is 1. The number of hydrogen-bond donors (Lipinski definition) is 6. The van der Waals surface area contributed by atoms with Crippen LogP contribution >= 0.6 is 11.3 Å². The van der Waals surface area contributed by atoms with Crippen molar-refractivity contribution in [1.29, 1.82) is 0 Å². The van der Waals surface area contributed by atoms with Crippen molar-refractivity contribution in [2.45, 2.75) is 134 Å². The first kappa shape index (κ1) is 50.4. The number of para-hydroxylation sites is 1. The van der Waals surface area contributed by atoms with Gasteiger partial charge in [0.15, 0.2) is 17.1 Å². The van der Waals surface area contributed by atoms with Gasteiger partial charge in [-0.3, -0.25) is 14.8 Å². The highest BCUT2D eigenvalue weighted by Crippen LogP contribution is 2.72. The second-order valence-corrected chi connectivity index (χ2v) is 23.5. The Morgan fingerprint density at radius 3 is 2.51 bits per heavy atom. The smallest absolute Gasteiger partial charge is 0.355 e. The quantitative estimate of drug-likeness (QED) is 0.0559. The number of rotatable bonds is 18. The molecular formula is C54H66N10O9S. The van der Waals surface area contributed by atoms with Crippen LogP contribution in [-0.2, 0) is 46.7 Å². The molecule has 12 rings (SSSR count). The number of nitrogens with one attached hydrogen (secondary N) is 2. The van der Waals surface area contributed by atoms with Crippen LogP contribution in [0.2, 0.25) is 0 Å². The van der Waals surface area contributed by atoms with Crippen molar-refractivity contribution in [2.24, 2.45) is 16.2 Å². The van der Waals surface area contributed by atoms with E-state index >= 15 is 0 Å². The zero-order valence-corrected chi connectivity index (χ0v) is 43.2. The Kier molecular flexibility index (Phi) is 13.5. The number of methoxy groups -OCH3 is 1. The maximum atomic E-state index is 13.7. The van der Waals surface area contributed by atoms with Crippen LogP contribution in [0, 0.1) is 23.2 Å². The number of thiazole rings is 1. The van der Waals surface area contributed by atoms with Gasteiger partial charge in [-0.25, -0.2) is 19.4 Å². The van der Waals surface area contributed by atoms with Crippen molar-refractivity contribution in [3.8, 4) is 11.1 Å². The molecule has 6 heterocycles. The van der Waals surface area contributed by atoms with Crippen LogP contribution in [-0.4, -0.2) is 137 Å². The van der Waals surface area contributed by atoms with Crippen molar-refractivity contribution >= 4 is 44.4 Å². The minimum Gasteiger partial charge on any atom is -0.476 e. The number of carbonyl (C=O) groups excluding carboxylic acids is 1. The van der Waals surface area contributed by atoms with Gasteiger partial charge in [0.05, 0.1) is 40.9 Å².